The Morgan fingerprint density at radius 2 is 2.08 bits per heavy atom. The zero-order chi connectivity index (χ0) is 16.8. The van der Waals surface area contributed by atoms with Crippen LogP contribution in [0.1, 0.15) is 18.9 Å². The molecule has 3 aliphatic heterocycles. The predicted octanol–water partition coefficient (Wildman–Crippen LogP) is 1.44. The molecule has 7 heteroatoms. The normalized spacial score (nSPS) is 26.6. The molecule has 4 rings (SSSR count). The van der Waals surface area contributed by atoms with Crippen molar-refractivity contribution in [2.24, 2.45) is 5.92 Å². The summed E-state index contributed by atoms with van der Waals surface area (Å²) in [4.78, 5) is 2.19. The summed E-state index contributed by atoms with van der Waals surface area (Å²) < 4.78 is 40.8. The molecule has 0 amide bonds. The first-order valence-corrected chi connectivity index (χ1v) is 10.1. The summed E-state index contributed by atoms with van der Waals surface area (Å²) in [5.74, 6) is 1.96. The Kier molecular flexibility index (Phi) is 3.97. The lowest BCUT2D eigenvalue weighted by Gasteiger charge is -2.50. The summed E-state index contributed by atoms with van der Waals surface area (Å²) in [5.41, 5.74) is 1.12. The second-order valence-electron chi connectivity index (χ2n) is 6.86. The van der Waals surface area contributed by atoms with Crippen LogP contribution in [-0.2, 0) is 21.1 Å². The standard InChI is InChI=1S/C17H23NO5S/c1-2-21-9-14-5-6-24(19,20)17(14)10-18(11-17)8-13-3-4-15-16(7-13)23-12-22-15/h3-4,7,14H,2,5-6,8-12H2,1H3/t14-/m1/s1. The lowest BCUT2D eigenvalue weighted by atomic mass is 9.83. The van der Waals surface area contributed by atoms with Crippen molar-refractivity contribution in [2.45, 2.75) is 24.6 Å². The molecule has 0 aromatic heterocycles. The van der Waals surface area contributed by atoms with Gasteiger partial charge in [0.25, 0.3) is 0 Å². The molecule has 0 unspecified atom stereocenters. The van der Waals surface area contributed by atoms with Crippen molar-refractivity contribution in [1.82, 2.24) is 4.90 Å². The quantitative estimate of drug-likeness (QED) is 0.798. The molecule has 1 aromatic rings. The number of hydrogen-bond donors (Lipinski definition) is 0. The summed E-state index contributed by atoms with van der Waals surface area (Å²) in [6.45, 7) is 5.32. The van der Waals surface area contributed by atoms with E-state index in [-0.39, 0.29) is 12.7 Å². The molecular formula is C17H23NO5S. The summed E-state index contributed by atoms with van der Waals surface area (Å²) in [7, 11) is -3.03. The number of hydrogen-bond acceptors (Lipinski definition) is 6. The van der Waals surface area contributed by atoms with E-state index < -0.39 is 14.6 Å². The predicted molar refractivity (Wildman–Crippen MR) is 89.0 cm³/mol. The fraction of sp³-hybridized carbons (Fsp3) is 0.647. The Bertz CT molecular complexity index is 726. The lowest BCUT2D eigenvalue weighted by Crippen LogP contribution is -2.67. The molecule has 1 aromatic carbocycles. The van der Waals surface area contributed by atoms with Crippen molar-refractivity contribution in [2.75, 3.05) is 38.8 Å². The Morgan fingerprint density at radius 1 is 1.29 bits per heavy atom. The average Bonchev–Trinajstić information content (AvgIpc) is 3.07. The topological polar surface area (TPSA) is 65.1 Å². The average molecular weight is 353 g/mol. The molecule has 132 valence electrons. The molecule has 0 N–H and O–H groups in total. The third kappa shape index (κ3) is 2.50. The van der Waals surface area contributed by atoms with Crippen LogP contribution >= 0.6 is 0 Å². The lowest BCUT2D eigenvalue weighted by molar-refractivity contribution is 0.0292. The minimum Gasteiger partial charge on any atom is -0.454 e. The van der Waals surface area contributed by atoms with Gasteiger partial charge in [0.1, 0.15) is 4.75 Å². The van der Waals surface area contributed by atoms with Gasteiger partial charge in [0, 0.05) is 32.2 Å². The number of likely N-dealkylation sites (tertiary alicyclic amines) is 1. The summed E-state index contributed by atoms with van der Waals surface area (Å²) in [6.07, 6.45) is 0.722. The van der Waals surface area contributed by atoms with Gasteiger partial charge < -0.3 is 14.2 Å². The molecule has 0 radical (unpaired) electrons. The number of fused-ring (bicyclic) bond motifs is 1. The minimum atomic E-state index is -3.03. The van der Waals surface area contributed by atoms with E-state index in [2.05, 4.69) is 4.90 Å². The summed E-state index contributed by atoms with van der Waals surface area (Å²) in [5, 5.41) is 0. The molecule has 3 heterocycles. The number of rotatable bonds is 5. The van der Waals surface area contributed by atoms with Crippen LogP contribution in [0.5, 0.6) is 11.5 Å². The van der Waals surface area contributed by atoms with Gasteiger partial charge >= 0.3 is 0 Å². The van der Waals surface area contributed by atoms with Gasteiger partial charge in [0.05, 0.1) is 12.4 Å². The van der Waals surface area contributed by atoms with Crippen LogP contribution in [0.15, 0.2) is 18.2 Å². The molecular weight excluding hydrogens is 330 g/mol. The van der Waals surface area contributed by atoms with Gasteiger partial charge in [-0.15, -0.1) is 0 Å². The second kappa shape index (κ2) is 5.89. The number of sulfone groups is 1. The largest absolute Gasteiger partial charge is 0.454 e. The van der Waals surface area contributed by atoms with Gasteiger partial charge in [-0.05, 0) is 31.0 Å². The monoisotopic (exact) mass is 353 g/mol. The van der Waals surface area contributed by atoms with E-state index >= 15 is 0 Å². The van der Waals surface area contributed by atoms with Crippen LogP contribution in [0.2, 0.25) is 0 Å². The Morgan fingerprint density at radius 3 is 2.88 bits per heavy atom. The first-order chi connectivity index (χ1) is 11.5. The van der Waals surface area contributed by atoms with Crippen LogP contribution in [-0.4, -0.2) is 56.9 Å². The van der Waals surface area contributed by atoms with E-state index in [1.54, 1.807) is 0 Å². The summed E-state index contributed by atoms with van der Waals surface area (Å²) >= 11 is 0. The Labute approximate surface area is 142 Å². The highest BCUT2D eigenvalue weighted by atomic mass is 32.2. The third-order valence-electron chi connectivity index (χ3n) is 5.45. The van der Waals surface area contributed by atoms with Crippen LogP contribution in [0, 0.1) is 5.92 Å². The minimum absolute atomic E-state index is 0.121. The molecule has 2 saturated heterocycles. The van der Waals surface area contributed by atoms with E-state index in [1.807, 2.05) is 25.1 Å². The van der Waals surface area contributed by atoms with Crippen molar-refractivity contribution < 1.29 is 22.6 Å². The fourth-order valence-corrected chi connectivity index (χ4v) is 6.54. The number of ether oxygens (including phenoxy) is 3. The van der Waals surface area contributed by atoms with Crippen LogP contribution in [0.4, 0.5) is 0 Å². The molecule has 0 aliphatic carbocycles. The molecule has 6 nitrogen and oxygen atoms in total. The molecule has 0 bridgehead atoms. The number of benzene rings is 1. The zero-order valence-electron chi connectivity index (χ0n) is 13.9. The van der Waals surface area contributed by atoms with E-state index in [4.69, 9.17) is 14.2 Å². The van der Waals surface area contributed by atoms with Gasteiger partial charge in [-0.25, -0.2) is 8.42 Å². The van der Waals surface area contributed by atoms with Gasteiger partial charge in [-0.2, -0.15) is 0 Å². The van der Waals surface area contributed by atoms with Crippen LogP contribution in [0.25, 0.3) is 0 Å². The first-order valence-electron chi connectivity index (χ1n) is 8.45. The second-order valence-corrected chi connectivity index (χ2v) is 9.31. The molecule has 3 aliphatic rings. The fourth-order valence-electron chi connectivity index (χ4n) is 4.09. The van der Waals surface area contributed by atoms with Crippen molar-refractivity contribution in [1.29, 1.82) is 0 Å². The SMILES string of the molecule is CCOC[C@H]1CCS(=O)(=O)C12CN(Cc1ccc3c(c1)OCO3)C2. The number of nitrogens with zero attached hydrogens (tertiary/aromatic N) is 1. The molecule has 0 saturated carbocycles. The van der Waals surface area contributed by atoms with Gasteiger partial charge in [-0.3, -0.25) is 4.90 Å². The van der Waals surface area contributed by atoms with Crippen LogP contribution < -0.4 is 9.47 Å². The maximum atomic E-state index is 12.6. The van der Waals surface area contributed by atoms with E-state index in [9.17, 15) is 8.42 Å². The maximum Gasteiger partial charge on any atom is 0.231 e. The van der Waals surface area contributed by atoms with Crippen molar-refractivity contribution in [3.8, 4) is 11.5 Å². The van der Waals surface area contributed by atoms with E-state index in [0.29, 0.717) is 32.1 Å². The van der Waals surface area contributed by atoms with Crippen molar-refractivity contribution in [3.05, 3.63) is 23.8 Å². The highest BCUT2D eigenvalue weighted by molar-refractivity contribution is 7.93. The molecule has 1 atom stereocenters. The van der Waals surface area contributed by atoms with Crippen molar-refractivity contribution in [3.63, 3.8) is 0 Å². The first kappa shape index (κ1) is 16.2. The molecule has 24 heavy (non-hydrogen) atoms. The smallest absolute Gasteiger partial charge is 0.231 e. The summed E-state index contributed by atoms with van der Waals surface area (Å²) in [6, 6.07) is 5.91. The van der Waals surface area contributed by atoms with E-state index in [1.165, 1.54) is 0 Å². The molecule has 1 spiro atoms. The van der Waals surface area contributed by atoms with Crippen molar-refractivity contribution >= 4 is 9.84 Å². The van der Waals surface area contributed by atoms with Gasteiger partial charge in [0.2, 0.25) is 6.79 Å². The third-order valence-corrected chi connectivity index (χ3v) is 8.05. The highest BCUT2D eigenvalue weighted by Gasteiger charge is 2.61. The van der Waals surface area contributed by atoms with Gasteiger partial charge in [-0.1, -0.05) is 6.07 Å². The maximum absolute atomic E-state index is 12.6. The Balaban J connectivity index is 1.44. The van der Waals surface area contributed by atoms with Crippen LogP contribution in [0.3, 0.4) is 0 Å². The Hall–Kier alpha value is -1.31. The van der Waals surface area contributed by atoms with Gasteiger partial charge in [0.15, 0.2) is 21.3 Å². The highest BCUT2D eigenvalue weighted by Crippen LogP contribution is 2.45. The molecule has 2 fully saturated rings. The zero-order valence-corrected chi connectivity index (χ0v) is 14.7. The van der Waals surface area contributed by atoms with E-state index in [0.717, 1.165) is 30.0 Å².